The van der Waals surface area contributed by atoms with Crippen LogP contribution < -0.4 is 10.7 Å². The topological polar surface area (TPSA) is 67.9 Å². The molecule has 5 fully saturated rings. The summed E-state index contributed by atoms with van der Waals surface area (Å²) in [7, 11) is 0. The van der Waals surface area contributed by atoms with Crippen LogP contribution in [0, 0.1) is 17.8 Å². The van der Waals surface area contributed by atoms with Crippen LogP contribution in [0.5, 0.6) is 0 Å². The second-order valence-corrected chi connectivity index (χ2v) is 11.5. The molecule has 0 aromatic carbocycles. The van der Waals surface area contributed by atoms with Gasteiger partial charge in [-0.15, -0.1) is 11.8 Å². The first-order valence-electron chi connectivity index (χ1n) is 11.9. The summed E-state index contributed by atoms with van der Waals surface area (Å²) in [6.45, 7) is 8.91. The summed E-state index contributed by atoms with van der Waals surface area (Å²) in [6, 6.07) is 0.543. The highest BCUT2D eigenvalue weighted by molar-refractivity contribution is 8.00. The summed E-state index contributed by atoms with van der Waals surface area (Å²) >= 11 is 2.02. The number of hydrogen-bond donors (Lipinski definition) is 2. The van der Waals surface area contributed by atoms with E-state index in [0.717, 1.165) is 57.7 Å². The molecule has 0 bridgehead atoms. The Morgan fingerprint density at radius 2 is 1.87 bits per heavy atom. The first-order valence-corrected chi connectivity index (χ1v) is 13.0. The molecule has 2 saturated carbocycles. The Hall–Kier alpha value is -0.830. The predicted molar refractivity (Wildman–Crippen MR) is 119 cm³/mol. The average Bonchev–Trinajstić information content (AvgIpc) is 3.25. The van der Waals surface area contributed by atoms with Crippen LogP contribution in [0.3, 0.4) is 0 Å². The fourth-order valence-electron chi connectivity index (χ4n) is 6.38. The number of amides is 2. The van der Waals surface area contributed by atoms with Crippen LogP contribution in [0.1, 0.15) is 46.0 Å². The lowest BCUT2D eigenvalue weighted by molar-refractivity contribution is -0.155. The van der Waals surface area contributed by atoms with Crippen LogP contribution in [0.25, 0.3) is 0 Å². The zero-order valence-electron chi connectivity index (χ0n) is 18.4. The van der Waals surface area contributed by atoms with Crippen LogP contribution >= 0.6 is 11.8 Å². The van der Waals surface area contributed by atoms with E-state index in [-0.39, 0.29) is 30.0 Å². The van der Waals surface area contributed by atoms with Gasteiger partial charge in [-0.2, -0.15) is 0 Å². The number of carbonyl (C=O) groups excluding carboxylic acids is 2. The lowest BCUT2D eigenvalue weighted by Crippen LogP contribution is -2.67. The molecule has 5 unspecified atom stereocenters. The molecule has 0 radical (unpaired) electrons. The quantitative estimate of drug-likeness (QED) is 0.690. The molecule has 3 saturated heterocycles. The third-order valence-corrected chi connectivity index (χ3v) is 9.16. The molecule has 8 heteroatoms. The Morgan fingerprint density at radius 3 is 2.57 bits per heavy atom. The Morgan fingerprint density at radius 1 is 1.03 bits per heavy atom. The third-order valence-electron chi connectivity index (χ3n) is 8.00. The summed E-state index contributed by atoms with van der Waals surface area (Å²) in [4.78, 5) is 29.8. The van der Waals surface area contributed by atoms with Crippen molar-refractivity contribution in [3.8, 4) is 0 Å². The minimum absolute atomic E-state index is 0.129. The fraction of sp³-hybridized carbons (Fsp3) is 0.909. The van der Waals surface area contributed by atoms with Gasteiger partial charge < -0.3 is 15.1 Å². The molecule has 0 aromatic rings. The van der Waals surface area contributed by atoms with E-state index >= 15 is 0 Å². The van der Waals surface area contributed by atoms with Gasteiger partial charge in [0.25, 0.3) is 0 Å². The van der Waals surface area contributed by atoms with Crippen molar-refractivity contribution in [2.75, 3.05) is 38.6 Å². The maximum absolute atomic E-state index is 13.1. The maximum atomic E-state index is 13.1. The van der Waals surface area contributed by atoms with Crippen molar-refractivity contribution in [3.05, 3.63) is 0 Å². The second-order valence-electron chi connectivity index (χ2n) is 10.2. The lowest BCUT2D eigenvalue weighted by atomic mass is 9.73. The van der Waals surface area contributed by atoms with Gasteiger partial charge in [0.05, 0.1) is 12.1 Å². The zero-order chi connectivity index (χ0) is 20.8. The standard InChI is InChI=1S/C22H37N5O2S/c1-14-10-26(22(29)16-3-4-16)21-7-17(5-6-20(21)27(14)15(2)28)18-8-24-25(11-18)12-19-9-23-13-30-19/h14,16-21,23-24H,3-13H2,1-2H3/t14-,17?,18?,19?,20?,21?/m0/s1. The smallest absolute Gasteiger partial charge is 0.226 e. The largest absolute Gasteiger partial charge is 0.335 e. The molecule has 7 nitrogen and oxygen atoms in total. The molecule has 3 heterocycles. The van der Waals surface area contributed by atoms with Gasteiger partial charge in [0, 0.05) is 62.7 Å². The number of carbonyl (C=O) groups is 2. The van der Waals surface area contributed by atoms with E-state index in [1.165, 1.54) is 6.42 Å². The number of nitrogens with one attached hydrogen (secondary N) is 2. The third kappa shape index (κ3) is 4.12. The van der Waals surface area contributed by atoms with Gasteiger partial charge in [-0.1, -0.05) is 0 Å². The zero-order valence-corrected chi connectivity index (χ0v) is 19.2. The molecule has 2 aliphatic carbocycles. The minimum atomic E-state index is 0.129. The predicted octanol–water partition coefficient (Wildman–Crippen LogP) is 1.11. The van der Waals surface area contributed by atoms with E-state index in [1.54, 1.807) is 6.92 Å². The second kappa shape index (κ2) is 8.60. The summed E-state index contributed by atoms with van der Waals surface area (Å²) in [5.41, 5.74) is 3.65. The number of hydrogen-bond acceptors (Lipinski definition) is 6. The van der Waals surface area contributed by atoms with Crippen LogP contribution in [-0.2, 0) is 9.59 Å². The molecule has 6 atom stereocenters. The first kappa shape index (κ1) is 21.0. The lowest BCUT2D eigenvalue weighted by Gasteiger charge is -2.54. The maximum Gasteiger partial charge on any atom is 0.226 e. The van der Waals surface area contributed by atoms with E-state index in [0.29, 0.717) is 29.5 Å². The van der Waals surface area contributed by atoms with Crippen molar-refractivity contribution in [2.24, 2.45) is 17.8 Å². The average molecular weight is 436 g/mol. The van der Waals surface area contributed by atoms with Crippen molar-refractivity contribution in [3.63, 3.8) is 0 Å². The van der Waals surface area contributed by atoms with Gasteiger partial charge in [-0.25, -0.2) is 5.01 Å². The molecule has 0 aromatic heterocycles. The molecule has 30 heavy (non-hydrogen) atoms. The Balaban J connectivity index is 1.26. The first-order chi connectivity index (χ1) is 14.5. The summed E-state index contributed by atoms with van der Waals surface area (Å²) in [6.07, 6.45) is 5.36. The van der Waals surface area contributed by atoms with Crippen molar-refractivity contribution in [2.45, 2.75) is 69.3 Å². The van der Waals surface area contributed by atoms with Crippen molar-refractivity contribution in [1.29, 1.82) is 0 Å². The van der Waals surface area contributed by atoms with Crippen molar-refractivity contribution >= 4 is 23.6 Å². The van der Waals surface area contributed by atoms with E-state index in [2.05, 4.69) is 32.5 Å². The van der Waals surface area contributed by atoms with Gasteiger partial charge in [-0.3, -0.25) is 15.0 Å². The summed E-state index contributed by atoms with van der Waals surface area (Å²) < 4.78 is 0. The molecule has 5 aliphatic rings. The minimum Gasteiger partial charge on any atom is -0.335 e. The molecule has 0 spiro atoms. The number of fused-ring (bicyclic) bond motifs is 1. The van der Waals surface area contributed by atoms with Gasteiger partial charge in [0.15, 0.2) is 0 Å². The highest BCUT2D eigenvalue weighted by Gasteiger charge is 2.49. The number of piperazine rings is 1. The number of nitrogens with zero attached hydrogens (tertiary/aromatic N) is 3. The fourth-order valence-corrected chi connectivity index (χ4v) is 7.37. The molecule has 168 valence electrons. The highest BCUT2D eigenvalue weighted by Crippen LogP contribution is 2.42. The van der Waals surface area contributed by atoms with E-state index in [1.807, 2.05) is 11.8 Å². The van der Waals surface area contributed by atoms with Crippen LogP contribution in [0.15, 0.2) is 0 Å². The number of thioether (sulfide) groups is 1. The molecular weight excluding hydrogens is 398 g/mol. The van der Waals surface area contributed by atoms with E-state index in [4.69, 9.17) is 0 Å². The molecule has 2 N–H and O–H groups in total. The molecule has 2 amide bonds. The summed E-state index contributed by atoms with van der Waals surface area (Å²) in [5, 5.41) is 6.55. The Kier molecular flexibility index (Phi) is 6.03. The summed E-state index contributed by atoms with van der Waals surface area (Å²) in [5.74, 6) is 3.14. The van der Waals surface area contributed by atoms with Crippen LogP contribution in [0.2, 0.25) is 0 Å². The van der Waals surface area contributed by atoms with Gasteiger partial charge in [-0.05, 0) is 50.9 Å². The Bertz CT molecular complexity index is 668. The molecule has 3 aliphatic heterocycles. The highest BCUT2D eigenvalue weighted by atomic mass is 32.2. The SMILES string of the molecule is CC(=O)N1C2CCC(C3CNN(CC4CNCS4)C3)CC2N(C(=O)C2CC2)C[C@@H]1C. The normalized spacial score (nSPS) is 39.9. The monoisotopic (exact) mass is 435 g/mol. The Labute approximate surface area is 184 Å². The van der Waals surface area contributed by atoms with Gasteiger partial charge >= 0.3 is 0 Å². The van der Waals surface area contributed by atoms with E-state index < -0.39 is 0 Å². The molecular formula is C22H37N5O2S. The van der Waals surface area contributed by atoms with E-state index in [9.17, 15) is 9.59 Å². The van der Waals surface area contributed by atoms with Crippen LogP contribution in [-0.4, -0.2) is 88.6 Å². The van der Waals surface area contributed by atoms with Gasteiger partial charge in [0.1, 0.15) is 0 Å². The van der Waals surface area contributed by atoms with Crippen LogP contribution in [0.4, 0.5) is 0 Å². The van der Waals surface area contributed by atoms with Crippen molar-refractivity contribution < 1.29 is 9.59 Å². The van der Waals surface area contributed by atoms with Crippen molar-refractivity contribution in [1.82, 2.24) is 25.6 Å². The molecule has 5 rings (SSSR count). The number of rotatable bonds is 4. The van der Waals surface area contributed by atoms with Gasteiger partial charge in [0.2, 0.25) is 11.8 Å². The number of hydrazine groups is 1.